The van der Waals surface area contributed by atoms with E-state index in [9.17, 15) is 9.59 Å². The van der Waals surface area contributed by atoms with Gasteiger partial charge in [0.05, 0.1) is 12.5 Å². The summed E-state index contributed by atoms with van der Waals surface area (Å²) in [6, 6.07) is 0. The molecule has 1 N–H and O–H groups in total. The van der Waals surface area contributed by atoms with Crippen molar-refractivity contribution in [3.05, 3.63) is 0 Å². The standard InChI is InChI=1S/C14H26N2O3/c1-3-5-8-15(4-2)11-13(17)16-9-6-12(7-10-16)14(18)19/h12H,3-11H2,1-2H3,(H,18,19). The SMILES string of the molecule is CCCCN(CC)CC(=O)N1CCC(C(=O)O)CC1. The van der Waals surface area contributed by atoms with Gasteiger partial charge in [0.2, 0.25) is 5.91 Å². The molecule has 1 amide bonds. The molecule has 1 fully saturated rings. The number of likely N-dealkylation sites (N-methyl/N-ethyl adjacent to an activating group) is 1. The Balaban J connectivity index is 2.35. The van der Waals surface area contributed by atoms with Gasteiger partial charge in [-0.1, -0.05) is 20.3 Å². The first-order valence-electron chi connectivity index (χ1n) is 7.31. The molecule has 0 aromatic heterocycles. The average Bonchev–Trinajstić information content (AvgIpc) is 2.43. The Bertz CT molecular complexity index is 299. The molecule has 0 aromatic rings. The lowest BCUT2D eigenvalue weighted by molar-refractivity contribution is -0.146. The predicted molar refractivity (Wildman–Crippen MR) is 74.0 cm³/mol. The number of hydrogen-bond acceptors (Lipinski definition) is 3. The van der Waals surface area contributed by atoms with Crippen molar-refractivity contribution >= 4 is 11.9 Å². The van der Waals surface area contributed by atoms with Crippen LogP contribution in [0.5, 0.6) is 0 Å². The Hall–Kier alpha value is -1.10. The highest BCUT2D eigenvalue weighted by Crippen LogP contribution is 2.17. The number of amides is 1. The molecule has 1 heterocycles. The molecule has 5 nitrogen and oxygen atoms in total. The maximum Gasteiger partial charge on any atom is 0.306 e. The zero-order valence-corrected chi connectivity index (χ0v) is 12.1. The van der Waals surface area contributed by atoms with Crippen molar-refractivity contribution in [3.63, 3.8) is 0 Å². The van der Waals surface area contributed by atoms with E-state index in [0.29, 0.717) is 32.5 Å². The van der Waals surface area contributed by atoms with Gasteiger partial charge in [0.1, 0.15) is 0 Å². The molecule has 5 heteroatoms. The summed E-state index contributed by atoms with van der Waals surface area (Å²) in [7, 11) is 0. The Labute approximate surface area is 115 Å². The number of aliphatic carboxylic acids is 1. The molecule has 0 bridgehead atoms. The van der Waals surface area contributed by atoms with Gasteiger partial charge < -0.3 is 10.0 Å². The summed E-state index contributed by atoms with van der Waals surface area (Å²) in [6.45, 7) is 7.70. The zero-order chi connectivity index (χ0) is 14.3. The predicted octanol–water partition coefficient (Wildman–Crippen LogP) is 1.43. The second kappa shape index (κ2) is 8.15. The topological polar surface area (TPSA) is 60.9 Å². The fraction of sp³-hybridized carbons (Fsp3) is 0.857. The quantitative estimate of drug-likeness (QED) is 0.760. The van der Waals surface area contributed by atoms with Crippen LogP contribution in [0.2, 0.25) is 0 Å². The van der Waals surface area contributed by atoms with Crippen LogP contribution in [0.25, 0.3) is 0 Å². The smallest absolute Gasteiger partial charge is 0.306 e. The van der Waals surface area contributed by atoms with Crippen molar-refractivity contribution in [1.82, 2.24) is 9.80 Å². The van der Waals surface area contributed by atoms with E-state index in [-0.39, 0.29) is 11.8 Å². The number of likely N-dealkylation sites (tertiary alicyclic amines) is 1. The number of nitrogens with zero attached hydrogens (tertiary/aromatic N) is 2. The van der Waals surface area contributed by atoms with Crippen LogP contribution in [0, 0.1) is 5.92 Å². The van der Waals surface area contributed by atoms with Crippen LogP contribution in [0.3, 0.4) is 0 Å². The molecule has 1 rings (SSSR count). The van der Waals surface area contributed by atoms with Crippen molar-refractivity contribution in [3.8, 4) is 0 Å². The second-order valence-corrected chi connectivity index (χ2v) is 5.22. The number of carbonyl (C=O) groups excluding carboxylic acids is 1. The molecular weight excluding hydrogens is 244 g/mol. The van der Waals surface area contributed by atoms with Crippen LogP contribution in [0.15, 0.2) is 0 Å². The first kappa shape index (κ1) is 16.0. The lowest BCUT2D eigenvalue weighted by atomic mass is 9.97. The van der Waals surface area contributed by atoms with Gasteiger partial charge in [-0.2, -0.15) is 0 Å². The summed E-state index contributed by atoms with van der Waals surface area (Å²) in [6.07, 6.45) is 3.42. The van der Waals surface area contributed by atoms with Crippen molar-refractivity contribution in [1.29, 1.82) is 0 Å². The molecule has 110 valence electrons. The molecule has 0 radical (unpaired) electrons. The van der Waals surface area contributed by atoms with Crippen molar-refractivity contribution < 1.29 is 14.7 Å². The molecule has 0 aliphatic carbocycles. The molecule has 19 heavy (non-hydrogen) atoms. The third kappa shape index (κ3) is 5.19. The van der Waals surface area contributed by atoms with Gasteiger partial charge in [0.25, 0.3) is 0 Å². The summed E-state index contributed by atoms with van der Waals surface area (Å²) >= 11 is 0. The van der Waals surface area contributed by atoms with E-state index in [4.69, 9.17) is 5.11 Å². The number of hydrogen-bond donors (Lipinski definition) is 1. The zero-order valence-electron chi connectivity index (χ0n) is 12.1. The lowest BCUT2D eigenvalue weighted by Crippen LogP contribution is -2.45. The van der Waals surface area contributed by atoms with Gasteiger partial charge in [0, 0.05) is 13.1 Å². The Morgan fingerprint density at radius 1 is 1.26 bits per heavy atom. The number of carboxylic acids is 1. The van der Waals surface area contributed by atoms with Crippen LogP contribution in [0.4, 0.5) is 0 Å². The van der Waals surface area contributed by atoms with Crippen LogP contribution < -0.4 is 0 Å². The maximum absolute atomic E-state index is 12.1. The average molecular weight is 270 g/mol. The highest BCUT2D eigenvalue weighted by molar-refractivity contribution is 5.79. The molecule has 0 aromatic carbocycles. The summed E-state index contributed by atoms with van der Waals surface area (Å²) < 4.78 is 0. The minimum atomic E-state index is -0.731. The lowest BCUT2D eigenvalue weighted by Gasteiger charge is -2.32. The van der Waals surface area contributed by atoms with Crippen molar-refractivity contribution in [2.24, 2.45) is 5.92 Å². The number of piperidine rings is 1. The van der Waals surface area contributed by atoms with Crippen LogP contribution in [-0.2, 0) is 9.59 Å². The van der Waals surface area contributed by atoms with Gasteiger partial charge in [-0.25, -0.2) is 0 Å². The Morgan fingerprint density at radius 3 is 2.37 bits per heavy atom. The summed E-state index contributed by atoms with van der Waals surface area (Å²) in [5.74, 6) is -0.863. The molecule has 0 spiro atoms. The van der Waals surface area contributed by atoms with E-state index < -0.39 is 5.97 Å². The normalized spacial score (nSPS) is 16.9. The van der Waals surface area contributed by atoms with E-state index in [2.05, 4.69) is 18.7 Å². The number of rotatable bonds is 7. The summed E-state index contributed by atoms with van der Waals surface area (Å²) in [4.78, 5) is 27.0. The molecule has 1 saturated heterocycles. The fourth-order valence-corrected chi connectivity index (χ4v) is 2.40. The largest absolute Gasteiger partial charge is 0.481 e. The van der Waals surface area contributed by atoms with Gasteiger partial charge in [-0.15, -0.1) is 0 Å². The number of carboxylic acid groups (broad SMARTS) is 1. The van der Waals surface area contributed by atoms with Gasteiger partial charge in [-0.05, 0) is 32.4 Å². The van der Waals surface area contributed by atoms with Crippen LogP contribution >= 0.6 is 0 Å². The van der Waals surface area contributed by atoms with E-state index in [0.717, 1.165) is 25.9 Å². The molecular formula is C14H26N2O3. The molecule has 1 aliphatic heterocycles. The monoisotopic (exact) mass is 270 g/mol. The van der Waals surface area contributed by atoms with E-state index in [1.165, 1.54) is 0 Å². The Morgan fingerprint density at radius 2 is 1.89 bits per heavy atom. The molecule has 0 saturated carbocycles. The van der Waals surface area contributed by atoms with E-state index in [1.807, 2.05) is 4.90 Å². The first-order chi connectivity index (χ1) is 9.08. The molecule has 0 unspecified atom stereocenters. The van der Waals surface area contributed by atoms with Crippen LogP contribution in [0.1, 0.15) is 39.5 Å². The summed E-state index contributed by atoms with van der Waals surface area (Å²) in [5, 5.41) is 8.93. The first-order valence-corrected chi connectivity index (χ1v) is 7.31. The van der Waals surface area contributed by atoms with Gasteiger partial charge in [-0.3, -0.25) is 14.5 Å². The minimum Gasteiger partial charge on any atom is -0.481 e. The molecule has 0 atom stereocenters. The third-order valence-corrected chi connectivity index (χ3v) is 3.83. The van der Waals surface area contributed by atoms with Gasteiger partial charge in [0.15, 0.2) is 0 Å². The fourth-order valence-electron chi connectivity index (χ4n) is 2.40. The highest BCUT2D eigenvalue weighted by atomic mass is 16.4. The van der Waals surface area contributed by atoms with E-state index in [1.54, 1.807) is 0 Å². The Kier molecular flexibility index (Phi) is 6.84. The second-order valence-electron chi connectivity index (χ2n) is 5.22. The third-order valence-electron chi connectivity index (χ3n) is 3.83. The van der Waals surface area contributed by atoms with Crippen molar-refractivity contribution in [2.45, 2.75) is 39.5 Å². The van der Waals surface area contributed by atoms with Crippen LogP contribution in [-0.4, -0.2) is 59.5 Å². The number of unbranched alkanes of at least 4 members (excludes halogenated alkanes) is 1. The molecule has 1 aliphatic rings. The maximum atomic E-state index is 12.1. The minimum absolute atomic E-state index is 0.141. The highest BCUT2D eigenvalue weighted by Gasteiger charge is 2.27. The van der Waals surface area contributed by atoms with Crippen molar-refractivity contribution in [2.75, 3.05) is 32.7 Å². The number of carbonyl (C=O) groups is 2. The summed E-state index contributed by atoms with van der Waals surface area (Å²) in [5.41, 5.74) is 0. The van der Waals surface area contributed by atoms with Gasteiger partial charge >= 0.3 is 5.97 Å². The van der Waals surface area contributed by atoms with E-state index >= 15 is 0 Å².